The molecule has 0 amide bonds. The number of rotatable bonds is 5. The third-order valence-electron chi connectivity index (χ3n) is 4.65. The number of methoxy groups -OCH3 is 2. The van der Waals surface area contributed by atoms with Crippen molar-refractivity contribution in [3.05, 3.63) is 41.7 Å². The fraction of sp³-hybridized carbons (Fsp3) is 0.421. The SMILES string of the molecule is COc1ccc(C(=O)C2CCCN(c3cc(OC)ncn3)C2)c(C)c1. The van der Waals surface area contributed by atoms with Crippen LogP contribution in [-0.4, -0.2) is 43.1 Å². The first-order valence-electron chi connectivity index (χ1n) is 8.42. The fourth-order valence-corrected chi connectivity index (χ4v) is 3.27. The molecule has 2 heterocycles. The van der Waals surface area contributed by atoms with Crippen LogP contribution in [0.1, 0.15) is 28.8 Å². The van der Waals surface area contributed by atoms with Gasteiger partial charge in [0.05, 0.1) is 14.2 Å². The van der Waals surface area contributed by atoms with Gasteiger partial charge in [0.2, 0.25) is 5.88 Å². The van der Waals surface area contributed by atoms with Crippen LogP contribution in [0.3, 0.4) is 0 Å². The average Bonchev–Trinajstić information content (AvgIpc) is 2.67. The van der Waals surface area contributed by atoms with Crippen LogP contribution in [-0.2, 0) is 0 Å². The molecule has 132 valence electrons. The van der Waals surface area contributed by atoms with Gasteiger partial charge < -0.3 is 14.4 Å². The van der Waals surface area contributed by atoms with Crippen LogP contribution in [0.5, 0.6) is 11.6 Å². The molecule has 1 aromatic heterocycles. The van der Waals surface area contributed by atoms with Crippen molar-refractivity contribution in [1.29, 1.82) is 0 Å². The van der Waals surface area contributed by atoms with E-state index in [1.807, 2.05) is 31.2 Å². The second-order valence-corrected chi connectivity index (χ2v) is 6.25. The Morgan fingerprint density at radius 1 is 1.20 bits per heavy atom. The Morgan fingerprint density at radius 3 is 2.76 bits per heavy atom. The zero-order valence-electron chi connectivity index (χ0n) is 14.9. The average molecular weight is 341 g/mol. The molecule has 0 radical (unpaired) electrons. The lowest BCUT2D eigenvalue weighted by Gasteiger charge is -2.33. The molecule has 1 saturated heterocycles. The summed E-state index contributed by atoms with van der Waals surface area (Å²) in [6.07, 6.45) is 3.34. The highest BCUT2D eigenvalue weighted by Crippen LogP contribution is 2.27. The molecule has 3 rings (SSSR count). The maximum atomic E-state index is 13.0. The summed E-state index contributed by atoms with van der Waals surface area (Å²) in [5.74, 6) is 2.25. The molecule has 1 atom stereocenters. The van der Waals surface area contributed by atoms with Crippen LogP contribution < -0.4 is 14.4 Å². The Morgan fingerprint density at radius 2 is 2.04 bits per heavy atom. The van der Waals surface area contributed by atoms with E-state index >= 15 is 0 Å². The maximum Gasteiger partial charge on any atom is 0.218 e. The number of hydrogen-bond donors (Lipinski definition) is 0. The van der Waals surface area contributed by atoms with Gasteiger partial charge in [-0.3, -0.25) is 4.79 Å². The van der Waals surface area contributed by atoms with Gasteiger partial charge in [0.15, 0.2) is 5.78 Å². The van der Waals surface area contributed by atoms with Crippen LogP contribution in [0.25, 0.3) is 0 Å². The number of hydrogen-bond acceptors (Lipinski definition) is 6. The molecular formula is C19H23N3O3. The van der Waals surface area contributed by atoms with E-state index in [0.717, 1.165) is 42.1 Å². The Kier molecular flexibility index (Phi) is 5.16. The third kappa shape index (κ3) is 3.73. The lowest BCUT2D eigenvalue weighted by molar-refractivity contribution is 0.0906. The number of anilines is 1. The number of nitrogens with zero attached hydrogens (tertiary/aromatic N) is 3. The van der Waals surface area contributed by atoms with Crippen molar-refractivity contribution in [2.24, 2.45) is 5.92 Å². The van der Waals surface area contributed by atoms with Gasteiger partial charge in [-0.2, -0.15) is 0 Å². The van der Waals surface area contributed by atoms with Crippen molar-refractivity contribution >= 4 is 11.6 Å². The Bertz CT molecular complexity index is 763. The van der Waals surface area contributed by atoms with E-state index in [4.69, 9.17) is 9.47 Å². The topological polar surface area (TPSA) is 64.5 Å². The molecule has 1 unspecified atom stereocenters. The molecule has 1 aliphatic heterocycles. The zero-order valence-corrected chi connectivity index (χ0v) is 14.9. The first kappa shape index (κ1) is 17.2. The van der Waals surface area contributed by atoms with E-state index in [1.54, 1.807) is 14.2 Å². The highest BCUT2D eigenvalue weighted by atomic mass is 16.5. The fourth-order valence-electron chi connectivity index (χ4n) is 3.27. The number of piperidine rings is 1. The first-order valence-corrected chi connectivity index (χ1v) is 8.42. The van der Waals surface area contributed by atoms with Gasteiger partial charge in [0.1, 0.15) is 17.9 Å². The van der Waals surface area contributed by atoms with Crippen molar-refractivity contribution < 1.29 is 14.3 Å². The van der Waals surface area contributed by atoms with Crippen molar-refractivity contribution in [2.45, 2.75) is 19.8 Å². The highest BCUT2D eigenvalue weighted by molar-refractivity contribution is 5.99. The van der Waals surface area contributed by atoms with Gasteiger partial charge in [-0.15, -0.1) is 0 Å². The van der Waals surface area contributed by atoms with E-state index in [1.165, 1.54) is 6.33 Å². The summed E-state index contributed by atoms with van der Waals surface area (Å²) < 4.78 is 10.4. The number of carbonyl (C=O) groups is 1. The summed E-state index contributed by atoms with van der Waals surface area (Å²) >= 11 is 0. The minimum Gasteiger partial charge on any atom is -0.497 e. The second-order valence-electron chi connectivity index (χ2n) is 6.25. The molecule has 0 spiro atoms. The van der Waals surface area contributed by atoms with Crippen molar-refractivity contribution in [3.8, 4) is 11.6 Å². The van der Waals surface area contributed by atoms with Crippen LogP contribution in [0.4, 0.5) is 5.82 Å². The number of ketones is 1. The van der Waals surface area contributed by atoms with E-state index in [-0.39, 0.29) is 11.7 Å². The van der Waals surface area contributed by atoms with Gasteiger partial charge in [0.25, 0.3) is 0 Å². The van der Waals surface area contributed by atoms with E-state index < -0.39 is 0 Å². The summed E-state index contributed by atoms with van der Waals surface area (Å²) in [6.45, 7) is 3.49. The van der Waals surface area contributed by atoms with Gasteiger partial charge in [-0.1, -0.05) is 0 Å². The second kappa shape index (κ2) is 7.51. The number of ether oxygens (including phenoxy) is 2. The van der Waals surface area contributed by atoms with Crippen molar-refractivity contribution in [3.63, 3.8) is 0 Å². The molecule has 6 nitrogen and oxygen atoms in total. The van der Waals surface area contributed by atoms with Gasteiger partial charge in [-0.05, 0) is 43.5 Å². The lowest BCUT2D eigenvalue weighted by Crippen LogP contribution is -2.39. The van der Waals surface area contributed by atoms with Crippen molar-refractivity contribution in [2.75, 3.05) is 32.2 Å². The quantitative estimate of drug-likeness (QED) is 0.779. The van der Waals surface area contributed by atoms with Crippen LogP contribution in [0, 0.1) is 12.8 Å². The monoisotopic (exact) mass is 341 g/mol. The molecule has 1 fully saturated rings. The molecule has 0 saturated carbocycles. The van der Waals surface area contributed by atoms with E-state index in [9.17, 15) is 4.79 Å². The molecular weight excluding hydrogens is 318 g/mol. The molecule has 2 aromatic rings. The summed E-state index contributed by atoms with van der Waals surface area (Å²) in [5, 5.41) is 0. The Hall–Kier alpha value is -2.63. The number of carbonyl (C=O) groups excluding carboxylic acids is 1. The smallest absolute Gasteiger partial charge is 0.218 e. The molecule has 0 N–H and O–H groups in total. The Balaban J connectivity index is 1.77. The maximum absolute atomic E-state index is 13.0. The first-order chi connectivity index (χ1) is 12.1. The normalized spacial score (nSPS) is 17.2. The predicted octanol–water partition coefficient (Wildman–Crippen LogP) is 2.90. The summed E-state index contributed by atoms with van der Waals surface area (Å²) in [7, 11) is 3.21. The lowest BCUT2D eigenvalue weighted by atomic mass is 9.88. The standard InChI is InChI=1S/C19H23N3O3/c1-13-9-15(24-2)6-7-16(13)19(23)14-5-4-8-22(11-14)17-10-18(25-3)21-12-20-17/h6-7,9-10,12,14H,4-5,8,11H2,1-3H3. The van der Waals surface area contributed by atoms with Crippen molar-refractivity contribution in [1.82, 2.24) is 9.97 Å². The minimum absolute atomic E-state index is 0.0400. The van der Waals surface area contributed by atoms with E-state index in [2.05, 4.69) is 14.9 Å². The largest absolute Gasteiger partial charge is 0.497 e. The van der Waals surface area contributed by atoms with Crippen LogP contribution in [0.2, 0.25) is 0 Å². The highest BCUT2D eigenvalue weighted by Gasteiger charge is 2.28. The molecule has 1 aliphatic rings. The van der Waals surface area contributed by atoms with Gasteiger partial charge >= 0.3 is 0 Å². The molecule has 0 bridgehead atoms. The van der Waals surface area contributed by atoms with Gasteiger partial charge in [0, 0.05) is 30.6 Å². The summed E-state index contributed by atoms with van der Waals surface area (Å²) in [4.78, 5) is 23.5. The van der Waals surface area contributed by atoms with Gasteiger partial charge in [-0.25, -0.2) is 9.97 Å². The molecule has 25 heavy (non-hydrogen) atoms. The summed E-state index contributed by atoms with van der Waals surface area (Å²) in [6, 6.07) is 7.42. The zero-order chi connectivity index (χ0) is 17.8. The number of Topliss-reactive ketones (excluding diaryl/α,β-unsaturated/α-hetero) is 1. The predicted molar refractivity (Wildman–Crippen MR) is 95.6 cm³/mol. The molecule has 0 aliphatic carbocycles. The number of benzene rings is 1. The van der Waals surface area contributed by atoms with E-state index in [0.29, 0.717) is 12.4 Å². The molecule has 1 aromatic carbocycles. The Labute approximate surface area is 147 Å². The van der Waals surface area contributed by atoms with Crippen LogP contribution in [0.15, 0.2) is 30.6 Å². The third-order valence-corrected chi connectivity index (χ3v) is 4.65. The molecule has 6 heteroatoms. The summed E-state index contributed by atoms with van der Waals surface area (Å²) in [5.41, 5.74) is 1.72. The van der Waals surface area contributed by atoms with Crippen LogP contribution >= 0.6 is 0 Å². The number of aryl methyl sites for hydroxylation is 1. The number of aromatic nitrogens is 2. The minimum atomic E-state index is -0.0400.